The molecule has 2 fully saturated rings. The van der Waals surface area contributed by atoms with Crippen molar-refractivity contribution >= 4 is 29.2 Å². The monoisotopic (exact) mass is 447 g/mol. The molecule has 3 atom stereocenters. The van der Waals surface area contributed by atoms with Gasteiger partial charge in [-0.05, 0) is 55.9 Å². The first-order valence-electron chi connectivity index (χ1n) is 10.8. The van der Waals surface area contributed by atoms with Crippen molar-refractivity contribution in [3.63, 3.8) is 0 Å². The average molecular weight is 448 g/mol. The number of piperidine rings is 1. The molecule has 2 amide bonds. The van der Waals surface area contributed by atoms with Crippen LogP contribution >= 0.6 is 11.3 Å². The Kier molecular flexibility index (Phi) is 5.43. The van der Waals surface area contributed by atoms with Gasteiger partial charge in [-0.25, -0.2) is 4.98 Å². The lowest BCUT2D eigenvalue weighted by molar-refractivity contribution is -0.116. The molecule has 0 bridgehead atoms. The Morgan fingerprint density at radius 2 is 2.16 bits per heavy atom. The van der Waals surface area contributed by atoms with E-state index in [4.69, 9.17) is 4.42 Å². The largest absolute Gasteiger partial charge is 0.465 e. The summed E-state index contributed by atoms with van der Waals surface area (Å²) in [7, 11) is 0. The van der Waals surface area contributed by atoms with Gasteiger partial charge in [0.15, 0.2) is 0 Å². The summed E-state index contributed by atoms with van der Waals surface area (Å²) in [5.74, 6) is 1.38. The van der Waals surface area contributed by atoms with E-state index in [1.807, 2.05) is 36.9 Å². The number of benzene rings is 1. The minimum atomic E-state index is -0.192. The highest BCUT2D eigenvalue weighted by Crippen LogP contribution is 2.50. The van der Waals surface area contributed by atoms with Crippen molar-refractivity contribution in [1.82, 2.24) is 15.2 Å². The number of furan rings is 1. The zero-order chi connectivity index (χ0) is 22.2. The smallest absolute Gasteiger partial charge is 0.274 e. The molecule has 0 spiro atoms. The van der Waals surface area contributed by atoms with E-state index in [9.17, 15) is 9.59 Å². The maximum Gasteiger partial charge on any atom is 0.274 e. The summed E-state index contributed by atoms with van der Waals surface area (Å²) in [6, 6.07) is 11.7. The van der Waals surface area contributed by atoms with Crippen LogP contribution in [0.3, 0.4) is 0 Å². The number of hydrogen-bond donors (Lipinski definition) is 1. The second-order valence-corrected chi connectivity index (χ2v) is 9.76. The molecule has 1 aromatic carbocycles. The lowest BCUT2D eigenvalue weighted by Crippen LogP contribution is -2.45. The molecule has 1 N–H and O–H groups in total. The zero-order valence-electron chi connectivity index (χ0n) is 18.1. The molecule has 1 aliphatic carbocycles. The molecule has 1 saturated heterocycles. The number of hydrogen-bond acceptors (Lipinski definition) is 5. The predicted octanol–water partition coefficient (Wildman–Crippen LogP) is 4.31. The number of carbonyl (C=O) groups is 2. The Morgan fingerprint density at radius 1 is 1.28 bits per heavy atom. The van der Waals surface area contributed by atoms with Crippen molar-refractivity contribution in [3.05, 3.63) is 70.8 Å². The van der Waals surface area contributed by atoms with Gasteiger partial charge < -0.3 is 14.6 Å². The number of nitrogens with one attached hydrogen (secondary N) is 1. The second-order valence-electron chi connectivity index (χ2n) is 8.56. The third-order valence-electron chi connectivity index (χ3n) is 6.21. The van der Waals surface area contributed by atoms with E-state index in [0.717, 1.165) is 34.0 Å². The summed E-state index contributed by atoms with van der Waals surface area (Å²) in [5.41, 5.74) is 2.70. The van der Waals surface area contributed by atoms with Crippen LogP contribution in [0.5, 0.6) is 0 Å². The third kappa shape index (κ3) is 4.12. The molecule has 2 aliphatic rings. The Hall–Kier alpha value is -3.19. The fourth-order valence-corrected chi connectivity index (χ4v) is 5.47. The highest BCUT2D eigenvalue weighted by atomic mass is 32.1. The van der Waals surface area contributed by atoms with Crippen molar-refractivity contribution in [1.29, 1.82) is 0 Å². The lowest BCUT2D eigenvalue weighted by atomic mass is 10.1. The van der Waals surface area contributed by atoms with Gasteiger partial charge in [0.2, 0.25) is 5.91 Å². The minimum Gasteiger partial charge on any atom is -0.465 e. The van der Waals surface area contributed by atoms with E-state index in [1.54, 1.807) is 35.8 Å². The molecule has 2 aromatic heterocycles. The molecule has 0 unspecified atom stereocenters. The summed E-state index contributed by atoms with van der Waals surface area (Å²) in [6.45, 7) is 5.16. The van der Waals surface area contributed by atoms with E-state index < -0.39 is 0 Å². The van der Waals surface area contributed by atoms with E-state index in [-0.39, 0.29) is 17.9 Å². The maximum atomic E-state index is 13.6. The van der Waals surface area contributed by atoms with Crippen LogP contribution in [0.1, 0.15) is 33.2 Å². The molecular formula is C25H25N3O3S. The van der Waals surface area contributed by atoms with Gasteiger partial charge in [0.1, 0.15) is 11.5 Å². The predicted molar refractivity (Wildman–Crippen MR) is 124 cm³/mol. The molecule has 7 heteroatoms. The Bertz CT molecular complexity index is 1180. The summed E-state index contributed by atoms with van der Waals surface area (Å²) >= 11 is 1.55. The number of carbonyl (C=O) groups excluding carboxylic acids is 2. The van der Waals surface area contributed by atoms with E-state index >= 15 is 0 Å². The second kappa shape index (κ2) is 8.39. The lowest BCUT2D eigenvalue weighted by Gasteiger charge is -2.27. The van der Waals surface area contributed by atoms with Gasteiger partial charge in [-0.1, -0.05) is 29.8 Å². The van der Waals surface area contributed by atoms with Crippen molar-refractivity contribution < 1.29 is 14.0 Å². The first-order valence-corrected chi connectivity index (χ1v) is 11.7. The van der Waals surface area contributed by atoms with Gasteiger partial charge in [-0.3, -0.25) is 9.59 Å². The van der Waals surface area contributed by atoms with Gasteiger partial charge in [0.05, 0.1) is 22.2 Å². The van der Waals surface area contributed by atoms with Crippen LogP contribution in [0.4, 0.5) is 0 Å². The van der Waals surface area contributed by atoms with Gasteiger partial charge in [0, 0.05) is 19.2 Å². The van der Waals surface area contributed by atoms with Crippen LogP contribution in [0.2, 0.25) is 0 Å². The molecular weight excluding hydrogens is 422 g/mol. The number of rotatable bonds is 6. The number of amides is 2. The minimum absolute atomic E-state index is 0.000767. The van der Waals surface area contributed by atoms with Crippen LogP contribution < -0.4 is 5.32 Å². The first-order chi connectivity index (χ1) is 15.5. The molecule has 5 rings (SSSR count). The van der Waals surface area contributed by atoms with Crippen LogP contribution in [-0.2, 0) is 4.79 Å². The van der Waals surface area contributed by atoms with E-state index in [0.29, 0.717) is 29.8 Å². The number of aromatic nitrogens is 1. The van der Waals surface area contributed by atoms with Crippen LogP contribution in [0, 0.1) is 25.7 Å². The third-order valence-corrected chi connectivity index (χ3v) is 7.23. The van der Waals surface area contributed by atoms with E-state index in [1.165, 1.54) is 6.08 Å². The van der Waals surface area contributed by atoms with Crippen molar-refractivity contribution in [3.8, 4) is 10.4 Å². The molecule has 164 valence electrons. The van der Waals surface area contributed by atoms with Crippen molar-refractivity contribution in [2.24, 2.45) is 11.8 Å². The van der Waals surface area contributed by atoms with Crippen molar-refractivity contribution in [2.45, 2.75) is 26.3 Å². The Morgan fingerprint density at radius 3 is 2.94 bits per heavy atom. The van der Waals surface area contributed by atoms with Crippen LogP contribution in [0.15, 0.2) is 53.2 Å². The SMILES string of the molecule is Cc1cccc(-c2sc(C)nc2C(=O)N2C[C@H]3C[C@H]3[C@H]2CNC(=O)C=Cc2ccco2)c1. The molecule has 0 radical (unpaired) electrons. The quantitative estimate of drug-likeness (QED) is 0.572. The molecule has 3 aromatic rings. The average Bonchev–Trinajstić information content (AvgIpc) is 3.14. The van der Waals surface area contributed by atoms with Gasteiger partial charge in [0.25, 0.3) is 5.91 Å². The number of aryl methyl sites for hydroxylation is 2. The summed E-state index contributed by atoms with van der Waals surface area (Å²) < 4.78 is 5.21. The van der Waals surface area contributed by atoms with E-state index in [2.05, 4.69) is 16.4 Å². The number of likely N-dealkylation sites (tertiary alicyclic amines) is 1. The van der Waals surface area contributed by atoms with Crippen LogP contribution in [0.25, 0.3) is 16.5 Å². The molecule has 1 saturated carbocycles. The fourth-order valence-electron chi connectivity index (χ4n) is 4.56. The molecule has 6 nitrogen and oxygen atoms in total. The molecule has 1 aliphatic heterocycles. The van der Waals surface area contributed by atoms with Crippen LogP contribution in [-0.4, -0.2) is 40.8 Å². The van der Waals surface area contributed by atoms with Gasteiger partial charge in [-0.2, -0.15) is 0 Å². The summed E-state index contributed by atoms with van der Waals surface area (Å²) in [6.07, 6.45) is 5.79. The standard InChI is InChI=1S/C25H25N3O3S/c1-15-5-3-6-17(11-15)24-23(27-16(2)32-24)25(30)28-14-18-12-20(18)21(28)13-26-22(29)9-8-19-7-4-10-31-19/h3-11,18,20-21H,12-14H2,1-2H3,(H,26,29)/t18-,20-,21-/m1/s1. The number of fused-ring (bicyclic) bond motifs is 1. The molecule has 32 heavy (non-hydrogen) atoms. The summed E-state index contributed by atoms with van der Waals surface area (Å²) in [5, 5.41) is 3.84. The van der Waals surface area contributed by atoms with Crippen molar-refractivity contribution in [2.75, 3.05) is 13.1 Å². The Labute approximate surface area is 191 Å². The topological polar surface area (TPSA) is 75.4 Å². The Balaban J connectivity index is 1.31. The number of nitrogens with zero attached hydrogens (tertiary/aromatic N) is 2. The maximum absolute atomic E-state index is 13.6. The fraction of sp³-hybridized carbons (Fsp3) is 0.320. The normalized spacial score (nSPS) is 21.7. The van der Waals surface area contributed by atoms with Gasteiger partial charge >= 0.3 is 0 Å². The molecule has 3 heterocycles. The number of thiazole rings is 1. The summed E-state index contributed by atoms with van der Waals surface area (Å²) in [4.78, 5) is 33.3. The highest BCUT2D eigenvalue weighted by molar-refractivity contribution is 7.15. The highest BCUT2D eigenvalue weighted by Gasteiger charge is 2.54. The first kappa shape index (κ1) is 20.7. The zero-order valence-corrected chi connectivity index (χ0v) is 18.9. The van der Waals surface area contributed by atoms with Gasteiger partial charge in [-0.15, -0.1) is 11.3 Å².